The zero-order valence-corrected chi connectivity index (χ0v) is 7.25. The summed E-state index contributed by atoms with van der Waals surface area (Å²) in [6.07, 6.45) is 0.0606. The van der Waals surface area contributed by atoms with Crippen molar-refractivity contribution < 1.29 is 14.6 Å². The Labute approximate surface area is 71.9 Å². The number of aliphatic hydroxyl groups is 1. The molecule has 0 spiro atoms. The number of ether oxygens (including phenoxy) is 2. The first-order chi connectivity index (χ1) is 5.19. The highest BCUT2D eigenvalue weighted by Gasteiger charge is 2.57. The van der Waals surface area contributed by atoms with Crippen LogP contribution in [-0.4, -0.2) is 49.1 Å². The lowest BCUT2D eigenvalue weighted by atomic mass is 9.94. The Balaban J connectivity index is 2.24. The molecule has 2 unspecified atom stereocenters. The molecule has 0 amide bonds. The fourth-order valence-corrected chi connectivity index (χ4v) is 2.37. The first-order valence-corrected chi connectivity index (χ1v) is 4.29. The predicted molar refractivity (Wildman–Crippen MR) is 45.7 cm³/mol. The zero-order valence-electron chi connectivity index (χ0n) is 6.36. The quantitative estimate of drug-likeness (QED) is 0.371. The highest BCUT2D eigenvalue weighted by molar-refractivity contribution is 7.81. The van der Waals surface area contributed by atoms with Gasteiger partial charge in [-0.3, -0.25) is 0 Å². The smallest absolute Gasteiger partial charge is 0.142 e. The molecule has 2 aliphatic heterocycles. The van der Waals surface area contributed by atoms with Crippen LogP contribution in [0, 0.1) is 0 Å². The van der Waals surface area contributed by atoms with Crippen LogP contribution in [0.3, 0.4) is 0 Å². The Bertz CT molecular complexity index is 179. The molecule has 0 aromatic rings. The number of rotatable bonds is 1. The second kappa shape index (κ2) is 2.39. The summed E-state index contributed by atoms with van der Waals surface area (Å²) < 4.78 is 11.0. The number of fused-ring (bicyclic) bond motifs is 2. The van der Waals surface area contributed by atoms with Crippen molar-refractivity contribution in [2.75, 3.05) is 13.2 Å². The largest absolute Gasteiger partial charge is 0.393 e. The summed E-state index contributed by atoms with van der Waals surface area (Å²) in [5.41, 5.74) is -0.521. The van der Waals surface area contributed by atoms with E-state index in [0.717, 1.165) is 0 Å². The van der Waals surface area contributed by atoms with Crippen LogP contribution in [0.4, 0.5) is 0 Å². The summed E-state index contributed by atoms with van der Waals surface area (Å²) in [7, 11) is 1.95. The molecule has 2 aliphatic rings. The molecular formula is C6H11BO3S. The third kappa shape index (κ3) is 0.885. The minimum atomic E-state index is -0.521. The summed E-state index contributed by atoms with van der Waals surface area (Å²) in [5, 5.41) is 9.11. The maximum absolute atomic E-state index is 9.08. The van der Waals surface area contributed by atoms with Gasteiger partial charge in [-0.25, -0.2) is 0 Å². The van der Waals surface area contributed by atoms with Crippen molar-refractivity contribution in [1.82, 2.24) is 0 Å². The van der Waals surface area contributed by atoms with Gasteiger partial charge < -0.3 is 14.6 Å². The van der Waals surface area contributed by atoms with Crippen molar-refractivity contribution >= 4 is 20.5 Å². The van der Waals surface area contributed by atoms with Gasteiger partial charge in [0.25, 0.3) is 0 Å². The molecule has 0 saturated carbocycles. The Morgan fingerprint density at radius 2 is 2.45 bits per heavy atom. The van der Waals surface area contributed by atoms with Gasteiger partial charge in [0.15, 0.2) is 0 Å². The van der Waals surface area contributed by atoms with Gasteiger partial charge >= 0.3 is 0 Å². The van der Waals surface area contributed by atoms with E-state index >= 15 is 0 Å². The van der Waals surface area contributed by atoms with Crippen molar-refractivity contribution in [1.29, 1.82) is 0 Å². The molecule has 2 rings (SSSR count). The van der Waals surface area contributed by atoms with Gasteiger partial charge in [0.1, 0.15) is 13.4 Å². The minimum absolute atomic E-state index is 0.00199. The molecular weight excluding hydrogens is 163 g/mol. The van der Waals surface area contributed by atoms with Gasteiger partial charge in [0.2, 0.25) is 0 Å². The lowest BCUT2D eigenvalue weighted by Crippen LogP contribution is -2.42. The van der Waals surface area contributed by atoms with E-state index in [1.165, 1.54) is 0 Å². The van der Waals surface area contributed by atoms with Crippen LogP contribution in [0.25, 0.3) is 0 Å². The summed E-state index contributed by atoms with van der Waals surface area (Å²) in [6.45, 7) is 0.481. The van der Waals surface area contributed by atoms with Gasteiger partial charge in [-0.15, -0.1) is 0 Å². The summed E-state index contributed by atoms with van der Waals surface area (Å²) in [6, 6.07) is 0.0680. The van der Waals surface area contributed by atoms with Gasteiger partial charge in [-0.2, -0.15) is 12.6 Å². The van der Waals surface area contributed by atoms with Crippen LogP contribution in [0.15, 0.2) is 0 Å². The van der Waals surface area contributed by atoms with E-state index in [4.69, 9.17) is 14.6 Å². The molecule has 1 N–H and O–H groups in total. The molecule has 2 fully saturated rings. The first-order valence-electron chi connectivity index (χ1n) is 3.78. The van der Waals surface area contributed by atoms with Crippen LogP contribution >= 0.6 is 12.6 Å². The van der Waals surface area contributed by atoms with E-state index in [0.29, 0.717) is 6.61 Å². The predicted octanol–water partition coefficient (Wildman–Crippen LogP) is -1.60. The Hall–Kier alpha value is 0.295. The number of hydrogen-bond donors (Lipinski definition) is 2. The average molecular weight is 174 g/mol. The first kappa shape index (κ1) is 7.92. The zero-order chi connectivity index (χ0) is 8.06. The van der Waals surface area contributed by atoms with E-state index < -0.39 is 5.60 Å². The van der Waals surface area contributed by atoms with Crippen molar-refractivity contribution in [3.8, 4) is 0 Å². The monoisotopic (exact) mass is 174 g/mol. The number of thiol groups is 1. The molecule has 5 heteroatoms. The summed E-state index contributed by atoms with van der Waals surface area (Å²) in [4.78, 5) is 0. The molecule has 2 heterocycles. The SMILES string of the molecule is B[C@@H]1O[C@@]2(CO)COC1C2S. The molecule has 0 aromatic carbocycles. The van der Waals surface area contributed by atoms with E-state index in [1.807, 2.05) is 7.85 Å². The molecule has 2 bridgehead atoms. The van der Waals surface area contributed by atoms with E-state index in [1.54, 1.807) is 0 Å². The maximum Gasteiger partial charge on any atom is 0.142 e. The normalized spacial score (nSPS) is 55.3. The second-order valence-electron chi connectivity index (χ2n) is 3.27. The average Bonchev–Trinajstić information content (AvgIpc) is 2.42. The van der Waals surface area contributed by atoms with Crippen molar-refractivity contribution in [2.45, 2.75) is 23.0 Å². The maximum atomic E-state index is 9.08. The number of aliphatic hydroxyl groups excluding tert-OH is 1. The van der Waals surface area contributed by atoms with Crippen molar-refractivity contribution in [3.05, 3.63) is 0 Å². The van der Waals surface area contributed by atoms with E-state index in [9.17, 15) is 0 Å². The van der Waals surface area contributed by atoms with Crippen LogP contribution in [-0.2, 0) is 9.47 Å². The second-order valence-corrected chi connectivity index (χ2v) is 3.82. The lowest BCUT2D eigenvalue weighted by molar-refractivity contribution is -0.129. The summed E-state index contributed by atoms with van der Waals surface area (Å²) >= 11 is 4.36. The Morgan fingerprint density at radius 3 is 2.73 bits per heavy atom. The number of hydrogen-bond acceptors (Lipinski definition) is 4. The topological polar surface area (TPSA) is 38.7 Å². The standard InChI is InChI=1S/C6H11BO3S/c7-5-3-4(11)6(1-8,10-5)2-9-3/h3-5,8,11H,1-2,7H2/t3?,4?,5-,6+/m1/s1. The fraction of sp³-hybridized carbons (Fsp3) is 1.00. The van der Waals surface area contributed by atoms with E-state index in [2.05, 4.69) is 12.6 Å². The fourth-order valence-electron chi connectivity index (χ4n) is 1.82. The molecule has 0 aliphatic carbocycles. The molecule has 4 atom stereocenters. The van der Waals surface area contributed by atoms with Gasteiger partial charge in [-0.05, 0) is 0 Å². The Morgan fingerprint density at radius 1 is 1.73 bits per heavy atom. The van der Waals surface area contributed by atoms with Crippen molar-refractivity contribution in [3.63, 3.8) is 0 Å². The van der Waals surface area contributed by atoms with Crippen molar-refractivity contribution in [2.24, 2.45) is 0 Å². The molecule has 62 valence electrons. The van der Waals surface area contributed by atoms with Gasteiger partial charge in [0.05, 0.1) is 30.6 Å². The van der Waals surface area contributed by atoms with Gasteiger partial charge in [0, 0.05) is 0 Å². The third-order valence-corrected chi connectivity index (χ3v) is 3.29. The van der Waals surface area contributed by atoms with Crippen LogP contribution in [0.5, 0.6) is 0 Å². The molecule has 0 radical (unpaired) electrons. The molecule has 0 aromatic heterocycles. The van der Waals surface area contributed by atoms with Gasteiger partial charge in [-0.1, -0.05) is 0 Å². The highest BCUT2D eigenvalue weighted by Crippen LogP contribution is 2.41. The third-order valence-electron chi connectivity index (χ3n) is 2.52. The van der Waals surface area contributed by atoms with Crippen LogP contribution in [0.1, 0.15) is 0 Å². The highest BCUT2D eigenvalue weighted by atomic mass is 32.1. The van der Waals surface area contributed by atoms with Crippen LogP contribution in [0.2, 0.25) is 0 Å². The molecule has 2 saturated heterocycles. The summed E-state index contributed by atoms with van der Waals surface area (Å²) in [5.74, 6) is 0. The molecule has 11 heavy (non-hydrogen) atoms. The Kier molecular flexibility index (Phi) is 1.72. The van der Waals surface area contributed by atoms with Crippen LogP contribution < -0.4 is 0 Å². The lowest BCUT2D eigenvalue weighted by Gasteiger charge is -2.27. The van der Waals surface area contributed by atoms with E-state index in [-0.39, 0.29) is 24.0 Å². The minimum Gasteiger partial charge on any atom is -0.393 e. The molecule has 3 nitrogen and oxygen atoms in total.